The largest absolute Gasteiger partial charge is 0.305 e. The molecule has 0 bridgehead atoms. The third-order valence-electron chi connectivity index (χ3n) is 6.83. The fraction of sp³-hybridized carbons (Fsp3) is 0. The van der Waals surface area contributed by atoms with Crippen molar-refractivity contribution in [1.82, 2.24) is 0 Å². The van der Waals surface area contributed by atoms with Crippen molar-refractivity contribution < 1.29 is 8.42 Å². The van der Waals surface area contributed by atoms with Crippen LogP contribution in [0.15, 0.2) is 88.7 Å². The summed E-state index contributed by atoms with van der Waals surface area (Å²) in [6.45, 7) is 0. The van der Waals surface area contributed by atoms with Crippen LogP contribution in [-0.2, 0) is 9.84 Å². The highest BCUT2D eigenvalue weighted by Crippen LogP contribution is 2.63. The Hall–Kier alpha value is -3.63. The van der Waals surface area contributed by atoms with E-state index >= 15 is 0 Å². The Balaban J connectivity index is 1.77. The van der Waals surface area contributed by atoms with Crippen LogP contribution in [0.1, 0.15) is 0 Å². The van der Waals surface area contributed by atoms with Crippen molar-refractivity contribution in [2.45, 2.75) is 9.79 Å². The summed E-state index contributed by atoms with van der Waals surface area (Å²) in [4.78, 5) is 3.02. The van der Waals surface area contributed by atoms with E-state index in [9.17, 15) is 8.42 Å². The van der Waals surface area contributed by atoms with Crippen LogP contribution in [0.2, 0.25) is 0 Å². The molecule has 5 aromatic carbocycles. The first-order chi connectivity index (χ1) is 14.7. The van der Waals surface area contributed by atoms with E-state index in [0.717, 1.165) is 60.9 Å². The zero-order valence-corrected chi connectivity index (χ0v) is 16.5. The highest BCUT2D eigenvalue weighted by Gasteiger charge is 2.43. The molecule has 0 N–H and O–H groups in total. The van der Waals surface area contributed by atoms with Gasteiger partial charge in [-0.2, -0.15) is 0 Å². The summed E-state index contributed by atoms with van der Waals surface area (Å²) in [6, 6.07) is 26.3. The van der Waals surface area contributed by atoms with Gasteiger partial charge in [-0.05, 0) is 34.0 Å². The van der Waals surface area contributed by atoms with E-state index in [4.69, 9.17) is 0 Å². The van der Waals surface area contributed by atoms with Gasteiger partial charge in [-0.25, -0.2) is 8.42 Å². The minimum atomic E-state index is -3.62. The van der Waals surface area contributed by atoms with E-state index in [2.05, 4.69) is 59.5 Å². The lowest BCUT2D eigenvalue weighted by Crippen LogP contribution is -2.27. The molecule has 3 nitrogen and oxygen atoms in total. The molecule has 5 aromatic rings. The summed E-state index contributed by atoms with van der Waals surface area (Å²) < 4.78 is 27.5. The molecule has 0 fully saturated rings. The van der Waals surface area contributed by atoms with Crippen molar-refractivity contribution in [3.8, 4) is 22.3 Å². The SMILES string of the molecule is O=S1(=O)c2ccc3cccc4c3c2N2c3c-4cccc3-c3cccc4ccc1c2c34. The summed E-state index contributed by atoms with van der Waals surface area (Å²) in [5.41, 5.74) is 7.20. The molecule has 3 aliphatic rings. The quantitative estimate of drug-likeness (QED) is 0.287. The lowest BCUT2D eigenvalue weighted by atomic mass is 9.83. The van der Waals surface area contributed by atoms with Crippen LogP contribution < -0.4 is 4.90 Å². The van der Waals surface area contributed by atoms with Gasteiger partial charge in [0.1, 0.15) is 0 Å². The zero-order chi connectivity index (χ0) is 19.8. The molecule has 3 aliphatic heterocycles. The average molecular weight is 403 g/mol. The number of hydrogen-bond acceptors (Lipinski definition) is 3. The van der Waals surface area contributed by atoms with Crippen molar-refractivity contribution in [2.75, 3.05) is 4.90 Å². The number of nitrogens with zero attached hydrogens (tertiary/aromatic N) is 1. The second-order valence-corrected chi connectivity index (χ2v) is 10.1. The first kappa shape index (κ1) is 15.2. The van der Waals surface area contributed by atoms with Gasteiger partial charge < -0.3 is 4.90 Å². The Morgan fingerprint density at radius 2 is 0.967 bits per heavy atom. The van der Waals surface area contributed by atoms with Gasteiger partial charge in [-0.15, -0.1) is 0 Å². The number of benzene rings is 5. The lowest BCUT2D eigenvalue weighted by molar-refractivity contribution is 0.595. The topological polar surface area (TPSA) is 37.4 Å². The smallest absolute Gasteiger partial charge is 0.210 e. The number of fused-ring (bicyclic) bond motifs is 2. The molecule has 0 saturated heterocycles. The molecule has 0 aromatic heterocycles. The van der Waals surface area contributed by atoms with E-state index in [1.807, 2.05) is 12.1 Å². The van der Waals surface area contributed by atoms with Crippen LogP contribution in [0, 0.1) is 0 Å². The van der Waals surface area contributed by atoms with Crippen molar-refractivity contribution in [3.63, 3.8) is 0 Å². The maximum atomic E-state index is 13.8. The number of hydrogen-bond donors (Lipinski definition) is 0. The molecule has 3 heterocycles. The van der Waals surface area contributed by atoms with Crippen molar-refractivity contribution in [2.24, 2.45) is 0 Å². The second kappa shape index (κ2) is 4.58. The molecule has 0 radical (unpaired) electrons. The van der Waals surface area contributed by atoms with Gasteiger partial charge in [0.15, 0.2) is 0 Å². The standard InChI is InChI=1S/C26H13NO2S/c28-30(29)20-12-10-14-4-1-6-16-18-8-3-9-19-17-7-2-5-15-11-13-21(30)26(23(15)17)27(24(18)19)25(20)22(14)16/h1-13H. The Kier molecular flexibility index (Phi) is 2.33. The van der Waals surface area contributed by atoms with Crippen LogP contribution in [0.25, 0.3) is 43.8 Å². The predicted molar refractivity (Wildman–Crippen MR) is 120 cm³/mol. The number of anilines is 3. The fourth-order valence-electron chi connectivity index (χ4n) is 5.68. The van der Waals surface area contributed by atoms with Crippen LogP contribution in [0.3, 0.4) is 0 Å². The van der Waals surface area contributed by atoms with Crippen LogP contribution in [0.4, 0.5) is 17.1 Å². The van der Waals surface area contributed by atoms with Gasteiger partial charge in [-0.3, -0.25) is 0 Å². The van der Waals surface area contributed by atoms with Gasteiger partial charge in [0, 0.05) is 21.9 Å². The first-order valence-corrected chi connectivity index (χ1v) is 11.4. The van der Waals surface area contributed by atoms with E-state index in [-0.39, 0.29) is 0 Å². The third-order valence-corrected chi connectivity index (χ3v) is 8.65. The molecule has 0 amide bonds. The Bertz CT molecular complexity index is 1650. The molecule has 0 aliphatic carbocycles. The molecule has 30 heavy (non-hydrogen) atoms. The normalized spacial score (nSPS) is 15.8. The van der Waals surface area contributed by atoms with Crippen LogP contribution in [-0.4, -0.2) is 8.42 Å². The summed E-state index contributed by atoms with van der Waals surface area (Å²) in [7, 11) is -3.62. The Morgan fingerprint density at radius 1 is 0.500 bits per heavy atom. The van der Waals surface area contributed by atoms with Gasteiger partial charge >= 0.3 is 0 Å². The highest BCUT2D eigenvalue weighted by atomic mass is 32.2. The minimum absolute atomic E-state index is 0.397. The molecular weight excluding hydrogens is 390 g/mol. The third kappa shape index (κ3) is 1.43. The zero-order valence-electron chi connectivity index (χ0n) is 15.7. The molecule has 0 saturated carbocycles. The monoisotopic (exact) mass is 403 g/mol. The average Bonchev–Trinajstić information content (AvgIpc) is 2.77. The summed E-state index contributed by atoms with van der Waals surface area (Å²) in [6.07, 6.45) is 0. The molecular formula is C26H13NO2S. The van der Waals surface area contributed by atoms with E-state index in [1.165, 1.54) is 0 Å². The minimum Gasteiger partial charge on any atom is -0.305 e. The van der Waals surface area contributed by atoms with Gasteiger partial charge in [0.2, 0.25) is 9.84 Å². The van der Waals surface area contributed by atoms with Crippen LogP contribution >= 0.6 is 0 Å². The van der Waals surface area contributed by atoms with Gasteiger partial charge in [0.05, 0.1) is 26.9 Å². The molecule has 0 spiro atoms. The molecule has 140 valence electrons. The second-order valence-electron chi connectivity index (χ2n) is 8.17. The first-order valence-electron chi connectivity index (χ1n) is 9.97. The summed E-state index contributed by atoms with van der Waals surface area (Å²) in [5, 5.41) is 4.16. The molecule has 0 atom stereocenters. The summed E-state index contributed by atoms with van der Waals surface area (Å²) >= 11 is 0. The van der Waals surface area contributed by atoms with E-state index < -0.39 is 9.84 Å². The van der Waals surface area contributed by atoms with Crippen molar-refractivity contribution >= 4 is 48.4 Å². The Labute approximate surface area is 172 Å². The van der Waals surface area contributed by atoms with Crippen molar-refractivity contribution in [3.05, 3.63) is 78.9 Å². The maximum Gasteiger partial charge on any atom is 0.210 e. The van der Waals surface area contributed by atoms with Gasteiger partial charge in [-0.1, -0.05) is 66.7 Å². The summed E-state index contributed by atoms with van der Waals surface area (Å²) in [5.74, 6) is 0. The number of sulfone groups is 1. The maximum absolute atomic E-state index is 13.8. The molecule has 0 unspecified atom stereocenters. The van der Waals surface area contributed by atoms with Crippen LogP contribution in [0.5, 0.6) is 0 Å². The highest BCUT2D eigenvalue weighted by molar-refractivity contribution is 7.92. The number of para-hydroxylation sites is 1. The Morgan fingerprint density at radius 3 is 1.50 bits per heavy atom. The molecule has 8 rings (SSSR count). The number of rotatable bonds is 0. The van der Waals surface area contributed by atoms with E-state index in [0.29, 0.717) is 9.79 Å². The predicted octanol–water partition coefficient (Wildman–Crippen LogP) is 6.57. The van der Waals surface area contributed by atoms with E-state index in [1.54, 1.807) is 12.1 Å². The fourth-order valence-corrected chi connectivity index (χ4v) is 7.31. The molecule has 4 heteroatoms. The lowest BCUT2D eigenvalue weighted by Gasteiger charge is -2.43. The van der Waals surface area contributed by atoms with Gasteiger partial charge in [0.25, 0.3) is 0 Å². The van der Waals surface area contributed by atoms with Crippen molar-refractivity contribution in [1.29, 1.82) is 0 Å².